The Hall–Kier alpha value is -3.49. The van der Waals surface area contributed by atoms with Gasteiger partial charge >= 0.3 is 0 Å². The number of carbonyl (C=O) groups is 2. The third kappa shape index (κ3) is 5.04. The third-order valence-corrected chi connectivity index (χ3v) is 5.53. The van der Waals surface area contributed by atoms with Gasteiger partial charge < -0.3 is 14.8 Å². The van der Waals surface area contributed by atoms with Gasteiger partial charge in [-0.1, -0.05) is 18.2 Å². The predicted octanol–water partition coefficient (Wildman–Crippen LogP) is 2.76. The van der Waals surface area contributed by atoms with E-state index in [1.54, 1.807) is 29.7 Å². The Kier molecular flexibility index (Phi) is 6.63. The maximum atomic E-state index is 12.6. The Morgan fingerprint density at radius 3 is 2.72 bits per heavy atom. The quantitative estimate of drug-likeness (QED) is 0.389. The summed E-state index contributed by atoms with van der Waals surface area (Å²) in [5.41, 5.74) is 5.02. The standard InChI is InChI=1S/C24H25N3O5/c1-15-10-17(20-4-2-3-5-21(20)25-15)13-32-19-8-6-16(7-9-19)24(29)26-22-14-31-12-18(22)11-23(28)27-30/h2-10,18,22,30H,11-14H2,1H3,(H,26,29)(H,27,28)/t18-,22+/m1/s1. The van der Waals surface area contributed by atoms with Crippen LogP contribution in [0, 0.1) is 12.8 Å². The molecule has 8 heteroatoms. The summed E-state index contributed by atoms with van der Waals surface area (Å²) >= 11 is 0. The van der Waals surface area contributed by atoms with E-state index in [0.717, 1.165) is 22.2 Å². The van der Waals surface area contributed by atoms with Gasteiger partial charge in [0.2, 0.25) is 5.91 Å². The van der Waals surface area contributed by atoms with Gasteiger partial charge in [-0.25, -0.2) is 5.48 Å². The van der Waals surface area contributed by atoms with E-state index >= 15 is 0 Å². The van der Waals surface area contributed by atoms with Gasteiger partial charge in [0.05, 0.1) is 24.8 Å². The van der Waals surface area contributed by atoms with Crippen LogP contribution in [-0.2, 0) is 16.1 Å². The second kappa shape index (κ2) is 9.76. The van der Waals surface area contributed by atoms with Crippen LogP contribution in [0.5, 0.6) is 5.75 Å². The number of hydrogen-bond acceptors (Lipinski definition) is 6. The van der Waals surface area contributed by atoms with Crippen LogP contribution in [0.2, 0.25) is 0 Å². The normalized spacial score (nSPS) is 17.8. The molecular formula is C24H25N3O5. The predicted molar refractivity (Wildman–Crippen MR) is 117 cm³/mol. The van der Waals surface area contributed by atoms with Crippen molar-refractivity contribution in [2.45, 2.75) is 26.0 Å². The van der Waals surface area contributed by atoms with Crippen LogP contribution in [0.25, 0.3) is 10.9 Å². The molecule has 0 unspecified atom stereocenters. The molecule has 0 aliphatic carbocycles. The molecule has 3 N–H and O–H groups in total. The maximum Gasteiger partial charge on any atom is 0.251 e. The Morgan fingerprint density at radius 1 is 1.16 bits per heavy atom. The van der Waals surface area contributed by atoms with E-state index < -0.39 is 5.91 Å². The smallest absolute Gasteiger partial charge is 0.251 e. The zero-order chi connectivity index (χ0) is 22.5. The Labute approximate surface area is 185 Å². The Bertz CT molecular complexity index is 1120. The van der Waals surface area contributed by atoms with Crippen molar-refractivity contribution in [1.82, 2.24) is 15.8 Å². The molecule has 2 aromatic carbocycles. The highest BCUT2D eigenvalue weighted by Gasteiger charge is 2.31. The van der Waals surface area contributed by atoms with Crippen LogP contribution in [0.15, 0.2) is 54.6 Å². The van der Waals surface area contributed by atoms with Gasteiger partial charge in [0.25, 0.3) is 5.91 Å². The first-order valence-electron chi connectivity index (χ1n) is 10.4. The van der Waals surface area contributed by atoms with Gasteiger partial charge in [0.1, 0.15) is 12.4 Å². The summed E-state index contributed by atoms with van der Waals surface area (Å²) in [7, 11) is 0. The zero-order valence-electron chi connectivity index (χ0n) is 17.7. The highest BCUT2D eigenvalue weighted by Crippen LogP contribution is 2.22. The average Bonchev–Trinajstić information content (AvgIpc) is 3.23. The first kappa shape index (κ1) is 21.7. The lowest BCUT2D eigenvalue weighted by Gasteiger charge is -2.18. The number of aryl methyl sites for hydroxylation is 1. The molecule has 32 heavy (non-hydrogen) atoms. The van der Waals surface area contributed by atoms with Gasteiger partial charge in [-0.3, -0.25) is 19.8 Å². The minimum absolute atomic E-state index is 0.0807. The number of hydrogen-bond donors (Lipinski definition) is 3. The molecule has 3 aromatic rings. The summed E-state index contributed by atoms with van der Waals surface area (Å²) in [5.74, 6) is -0.287. The van der Waals surface area contributed by atoms with Crippen molar-refractivity contribution in [3.63, 3.8) is 0 Å². The van der Waals surface area contributed by atoms with E-state index in [1.165, 1.54) is 0 Å². The number of benzene rings is 2. The summed E-state index contributed by atoms with van der Waals surface area (Å²) < 4.78 is 11.3. The highest BCUT2D eigenvalue weighted by atomic mass is 16.5. The summed E-state index contributed by atoms with van der Waals surface area (Å²) in [6.45, 7) is 3.03. The van der Waals surface area contributed by atoms with E-state index in [2.05, 4.69) is 10.3 Å². The number of pyridine rings is 1. The number of para-hydroxylation sites is 1. The van der Waals surface area contributed by atoms with Crippen molar-refractivity contribution in [1.29, 1.82) is 0 Å². The number of aromatic nitrogens is 1. The number of carbonyl (C=O) groups excluding carboxylic acids is 2. The molecule has 0 radical (unpaired) electrons. The van der Waals surface area contributed by atoms with Gasteiger partial charge in [-0.05, 0) is 43.3 Å². The summed E-state index contributed by atoms with van der Waals surface area (Å²) in [6, 6.07) is 16.6. The first-order valence-corrected chi connectivity index (χ1v) is 10.4. The molecule has 1 fully saturated rings. The third-order valence-electron chi connectivity index (χ3n) is 5.53. The molecule has 0 bridgehead atoms. The second-order valence-corrected chi connectivity index (χ2v) is 7.87. The van der Waals surface area contributed by atoms with E-state index in [-0.39, 0.29) is 24.3 Å². The molecule has 0 saturated carbocycles. The lowest BCUT2D eigenvalue weighted by Crippen LogP contribution is -2.41. The van der Waals surface area contributed by atoms with Crippen LogP contribution in [0.3, 0.4) is 0 Å². The van der Waals surface area contributed by atoms with Gasteiger partial charge in [-0.2, -0.15) is 0 Å². The zero-order valence-corrected chi connectivity index (χ0v) is 17.7. The number of nitrogens with one attached hydrogen (secondary N) is 2. The summed E-state index contributed by atoms with van der Waals surface area (Å²) in [5, 5.41) is 12.7. The molecule has 1 saturated heterocycles. The van der Waals surface area contributed by atoms with Crippen LogP contribution < -0.4 is 15.5 Å². The number of fused-ring (bicyclic) bond motifs is 1. The van der Waals surface area contributed by atoms with E-state index in [1.807, 2.05) is 37.3 Å². The lowest BCUT2D eigenvalue weighted by atomic mass is 9.99. The van der Waals surface area contributed by atoms with Gasteiger partial charge in [0.15, 0.2) is 0 Å². The van der Waals surface area contributed by atoms with E-state index in [9.17, 15) is 9.59 Å². The van der Waals surface area contributed by atoms with Gasteiger partial charge in [0, 0.05) is 34.5 Å². The molecule has 2 amide bonds. The molecule has 0 spiro atoms. The van der Waals surface area contributed by atoms with Crippen molar-refractivity contribution >= 4 is 22.7 Å². The minimum atomic E-state index is -0.501. The molecule has 166 valence electrons. The van der Waals surface area contributed by atoms with E-state index in [4.69, 9.17) is 14.7 Å². The maximum absolute atomic E-state index is 12.6. The fourth-order valence-corrected chi connectivity index (χ4v) is 3.87. The molecule has 1 aliphatic heterocycles. The number of amides is 2. The van der Waals surface area contributed by atoms with Crippen LogP contribution >= 0.6 is 0 Å². The molecule has 2 atom stereocenters. The van der Waals surface area contributed by atoms with Crippen LogP contribution in [0.4, 0.5) is 0 Å². The fraction of sp³-hybridized carbons (Fsp3) is 0.292. The fourth-order valence-electron chi connectivity index (χ4n) is 3.87. The summed E-state index contributed by atoms with van der Waals surface area (Å²) in [4.78, 5) is 28.6. The number of ether oxygens (including phenoxy) is 2. The SMILES string of the molecule is Cc1cc(COc2ccc(C(=O)N[C@H]3COC[C@H]3CC(=O)NO)cc2)c2ccccc2n1. The molecule has 8 nitrogen and oxygen atoms in total. The average molecular weight is 435 g/mol. The van der Waals surface area contributed by atoms with Crippen molar-refractivity contribution < 1.29 is 24.3 Å². The topological polar surface area (TPSA) is 110 Å². The largest absolute Gasteiger partial charge is 0.489 e. The van der Waals surface area contributed by atoms with Crippen molar-refractivity contribution in [2.24, 2.45) is 5.92 Å². The lowest BCUT2D eigenvalue weighted by molar-refractivity contribution is -0.130. The molecule has 1 aliphatic rings. The number of rotatable bonds is 7. The van der Waals surface area contributed by atoms with Gasteiger partial charge in [-0.15, -0.1) is 0 Å². The molecule has 4 rings (SSSR count). The van der Waals surface area contributed by atoms with E-state index in [0.29, 0.717) is 31.1 Å². The minimum Gasteiger partial charge on any atom is -0.489 e. The van der Waals surface area contributed by atoms with Crippen LogP contribution in [-0.4, -0.2) is 41.3 Å². The molecule has 1 aromatic heterocycles. The van der Waals surface area contributed by atoms with Crippen LogP contribution in [0.1, 0.15) is 28.0 Å². The summed E-state index contributed by atoms with van der Waals surface area (Å²) in [6.07, 6.45) is 0.0807. The van der Waals surface area contributed by atoms with Crippen molar-refractivity contribution in [3.05, 3.63) is 71.4 Å². The number of nitrogens with zero attached hydrogens (tertiary/aromatic N) is 1. The molecule has 2 heterocycles. The van der Waals surface area contributed by atoms with Crippen molar-refractivity contribution in [2.75, 3.05) is 13.2 Å². The molecular weight excluding hydrogens is 410 g/mol. The highest BCUT2D eigenvalue weighted by molar-refractivity contribution is 5.94. The first-order chi connectivity index (χ1) is 15.5. The second-order valence-electron chi connectivity index (χ2n) is 7.87. The van der Waals surface area contributed by atoms with Crippen molar-refractivity contribution in [3.8, 4) is 5.75 Å². The number of hydroxylamine groups is 1. The Balaban J connectivity index is 1.37. The Morgan fingerprint density at radius 2 is 1.94 bits per heavy atom. The monoisotopic (exact) mass is 435 g/mol.